The Hall–Kier alpha value is -5.80. The van der Waals surface area contributed by atoms with Crippen molar-refractivity contribution in [3.05, 3.63) is 173 Å². The van der Waals surface area contributed by atoms with Crippen molar-refractivity contribution in [1.29, 1.82) is 0 Å². The molecular weight excluding hydrogens is 603 g/mol. The highest BCUT2D eigenvalue weighted by atomic mass is 15.0. The average Bonchev–Trinajstić information content (AvgIpc) is 3.64. The van der Waals surface area contributed by atoms with E-state index in [0.29, 0.717) is 0 Å². The largest absolute Gasteiger partial charge is 0.309 e. The monoisotopic (exact) mass is 642 g/mol. The third-order valence-corrected chi connectivity index (χ3v) is 10.7. The van der Waals surface area contributed by atoms with Gasteiger partial charge in [-0.3, -0.25) is 0 Å². The third kappa shape index (κ3) is 4.64. The van der Waals surface area contributed by atoms with E-state index >= 15 is 0 Å². The average molecular weight is 643 g/mol. The van der Waals surface area contributed by atoms with E-state index in [2.05, 4.69) is 189 Å². The Morgan fingerprint density at radius 3 is 1.72 bits per heavy atom. The van der Waals surface area contributed by atoms with Crippen molar-refractivity contribution in [3.63, 3.8) is 0 Å². The molecule has 0 N–H and O–H groups in total. The van der Waals surface area contributed by atoms with Gasteiger partial charge in [-0.25, -0.2) is 0 Å². The number of nitrogens with zero attached hydrogens (tertiary/aromatic N) is 2. The van der Waals surface area contributed by atoms with Crippen LogP contribution in [0.5, 0.6) is 0 Å². The molecule has 0 atom stereocenters. The van der Waals surface area contributed by atoms with Crippen LogP contribution in [0.4, 0.5) is 0 Å². The highest BCUT2D eigenvalue weighted by Gasteiger charge is 2.27. The molecule has 0 unspecified atom stereocenters. The van der Waals surface area contributed by atoms with Gasteiger partial charge < -0.3 is 9.13 Å². The van der Waals surface area contributed by atoms with Crippen molar-refractivity contribution in [2.75, 3.05) is 0 Å². The minimum Gasteiger partial charge on any atom is -0.309 e. The Bertz CT molecular complexity index is 2720. The smallest absolute Gasteiger partial charge is 0.242 e. The van der Waals surface area contributed by atoms with E-state index in [0.717, 1.165) is 0 Å². The fraction of sp³-hybridized carbons (Fsp3) is 0.106. The van der Waals surface area contributed by atoms with Crippen molar-refractivity contribution < 1.29 is 0 Å². The molecule has 0 aliphatic rings. The van der Waals surface area contributed by atoms with Gasteiger partial charge in [-0.1, -0.05) is 147 Å². The van der Waals surface area contributed by atoms with E-state index < -0.39 is 0 Å². The lowest BCUT2D eigenvalue weighted by molar-refractivity contribution is 1.17. The van der Waals surface area contributed by atoms with Crippen molar-refractivity contribution in [1.82, 2.24) is 9.13 Å². The van der Waals surface area contributed by atoms with Crippen LogP contribution >= 0.6 is 0 Å². The Morgan fingerprint density at radius 2 is 1.02 bits per heavy atom. The van der Waals surface area contributed by atoms with Gasteiger partial charge in [0.2, 0.25) is 6.71 Å². The summed E-state index contributed by atoms with van der Waals surface area (Å²) in [6.07, 6.45) is 0. The van der Waals surface area contributed by atoms with Gasteiger partial charge in [0.05, 0.1) is 22.1 Å². The zero-order valence-electron chi connectivity index (χ0n) is 29.3. The van der Waals surface area contributed by atoms with Crippen molar-refractivity contribution in [3.8, 4) is 11.4 Å². The van der Waals surface area contributed by atoms with Gasteiger partial charge in [0.1, 0.15) is 0 Å². The molecule has 0 saturated heterocycles. The normalized spacial score (nSPS) is 11.7. The maximum atomic E-state index is 2.45. The van der Waals surface area contributed by atoms with Crippen LogP contribution in [0.2, 0.25) is 0 Å². The first kappa shape index (κ1) is 30.3. The SMILES string of the molecule is Cc1ccc(B(c2ccc(-n3c4ccccc4c4c3ccc3c5ccccc5n(-c5ccccc5)c34)cc2)c2c(C)cc(C)cc2C)c(C)c1. The highest BCUT2D eigenvalue weighted by molar-refractivity contribution is 6.96. The Kier molecular flexibility index (Phi) is 7.07. The maximum absolute atomic E-state index is 2.45. The van der Waals surface area contributed by atoms with Gasteiger partial charge in [-0.05, 0) is 77.1 Å². The minimum atomic E-state index is 0.143. The van der Waals surface area contributed by atoms with Crippen LogP contribution in [0.3, 0.4) is 0 Å². The molecule has 0 amide bonds. The molecule has 9 aromatic rings. The lowest BCUT2D eigenvalue weighted by Crippen LogP contribution is -2.54. The molecule has 0 fully saturated rings. The van der Waals surface area contributed by atoms with Crippen molar-refractivity contribution in [2.45, 2.75) is 34.6 Å². The molecule has 0 aliphatic carbocycles. The number of hydrogen-bond acceptors (Lipinski definition) is 0. The molecule has 3 heteroatoms. The molecule has 2 heterocycles. The number of para-hydroxylation sites is 3. The van der Waals surface area contributed by atoms with E-state index in [1.165, 1.54) is 99.2 Å². The Balaban J connectivity index is 1.29. The molecule has 0 aliphatic heterocycles. The van der Waals surface area contributed by atoms with Crippen LogP contribution in [0.15, 0.2) is 146 Å². The number of aromatic nitrogens is 2. The van der Waals surface area contributed by atoms with Crippen molar-refractivity contribution >= 4 is 66.7 Å². The Labute approximate surface area is 294 Å². The number of rotatable bonds is 5. The van der Waals surface area contributed by atoms with Crippen LogP contribution in [-0.4, -0.2) is 15.8 Å². The molecule has 240 valence electrons. The summed E-state index contributed by atoms with van der Waals surface area (Å²) in [6, 6.07) is 54.1. The summed E-state index contributed by atoms with van der Waals surface area (Å²) in [6.45, 7) is 11.3. The van der Waals surface area contributed by atoms with Crippen LogP contribution in [-0.2, 0) is 0 Å². The molecule has 0 radical (unpaired) electrons. The summed E-state index contributed by atoms with van der Waals surface area (Å²) < 4.78 is 4.91. The van der Waals surface area contributed by atoms with E-state index in [4.69, 9.17) is 0 Å². The summed E-state index contributed by atoms with van der Waals surface area (Å²) in [5.41, 5.74) is 17.9. The highest BCUT2D eigenvalue weighted by Crippen LogP contribution is 2.41. The summed E-state index contributed by atoms with van der Waals surface area (Å²) in [5, 5.41) is 5.08. The second-order valence-electron chi connectivity index (χ2n) is 14.1. The van der Waals surface area contributed by atoms with Crippen molar-refractivity contribution in [2.24, 2.45) is 0 Å². The number of aryl methyl sites for hydroxylation is 5. The molecule has 2 aromatic heterocycles. The predicted octanol–water partition coefficient (Wildman–Crippen LogP) is 9.94. The summed E-state index contributed by atoms with van der Waals surface area (Å²) in [4.78, 5) is 0. The lowest BCUT2D eigenvalue weighted by Gasteiger charge is -2.23. The first-order chi connectivity index (χ1) is 24.4. The second-order valence-corrected chi connectivity index (χ2v) is 14.1. The first-order valence-electron chi connectivity index (χ1n) is 17.6. The molecule has 2 nitrogen and oxygen atoms in total. The summed E-state index contributed by atoms with van der Waals surface area (Å²) in [7, 11) is 0. The van der Waals surface area contributed by atoms with Crippen LogP contribution in [0.1, 0.15) is 27.8 Å². The topological polar surface area (TPSA) is 9.86 Å². The molecule has 0 bridgehead atoms. The quantitative estimate of drug-likeness (QED) is 0.166. The van der Waals surface area contributed by atoms with Gasteiger partial charge in [-0.15, -0.1) is 0 Å². The lowest BCUT2D eigenvalue weighted by atomic mass is 9.35. The van der Waals surface area contributed by atoms with E-state index in [9.17, 15) is 0 Å². The molecule has 50 heavy (non-hydrogen) atoms. The van der Waals surface area contributed by atoms with Crippen LogP contribution < -0.4 is 16.4 Å². The molecule has 0 spiro atoms. The van der Waals surface area contributed by atoms with E-state index in [-0.39, 0.29) is 6.71 Å². The third-order valence-electron chi connectivity index (χ3n) is 10.7. The van der Waals surface area contributed by atoms with E-state index in [1.54, 1.807) is 0 Å². The van der Waals surface area contributed by atoms with Gasteiger partial charge in [0.25, 0.3) is 0 Å². The minimum absolute atomic E-state index is 0.143. The van der Waals surface area contributed by atoms with Gasteiger partial charge >= 0.3 is 0 Å². The standard InChI is InChI=1S/C47H39BN2/c1-30-19-25-41(32(3)27-30)48(46-33(4)28-31(2)29-34(46)5)35-20-22-37(23-21-35)49-43-18-12-10-16-40(43)45-44(49)26-24-39-38-15-9-11-17-42(38)50(47(39)45)36-13-7-6-8-14-36/h6-29H,1-5H3. The van der Waals surface area contributed by atoms with Crippen LogP contribution in [0, 0.1) is 34.6 Å². The Morgan fingerprint density at radius 1 is 0.420 bits per heavy atom. The maximum Gasteiger partial charge on any atom is 0.242 e. The van der Waals surface area contributed by atoms with Crippen LogP contribution in [0.25, 0.3) is 55.0 Å². The second kappa shape index (κ2) is 11.7. The number of hydrogen-bond donors (Lipinski definition) is 0. The van der Waals surface area contributed by atoms with Gasteiger partial charge in [0.15, 0.2) is 0 Å². The molecule has 9 rings (SSSR count). The number of benzene rings is 7. The fourth-order valence-corrected chi connectivity index (χ4v) is 8.75. The fourth-order valence-electron chi connectivity index (χ4n) is 8.75. The number of fused-ring (bicyclic) bond motifs is 7. The molecule has 7 aromatic carbocycles. The zero-order valence-corrected chi connectivity index (χ0v) is 29.3. The molecular formula is C47H39BN2. The molecule has 0 saturated carbocycles. The summed E-state index contributed by atoms with van der Waals surface area (Å²) >= 11 is 0. The van der Waals surface area contributed by atoms with E-state index in [1.807, 2.05) is 0 Å². The first-order valence-corrected chi connectivity index (χ1v) is 17.6. The predicted molar refractivity (Wildman–Crippen MR) is 216 cm³/mol. The van der Waals surface area contributed by atoms with Gasteiger partial charge in [0, 0.05) is 32.9 Å². The van der Waals surface area contributed by atoms with Gasteiger partial charge in [-0.2, -0.15) is 0 Å². The zero-order chi connectivity index (χ0) is 34.1. The summed E-state index contributed by atoms with van der Waals surface area (Å²) in [5.74, 6) is 0.